The monoisotopic (exact) mass is 261 g/mol. The number of nitrogens with two attached hydrogens (primary N) is 1. The Morgan fingerprint density at radius 2 is 2.21 bits per heavy atom. The predicted octanol–water partition coefficient (Wildman–Crippen LogP) is 0.904. The first-order chi connectivity index (χ1) is 8.97. The lowest BCUT2D eigenvalue weighted by molar-refractivity contribution is -0.385. The minimum absolute atomic E-state index is 0.0207. The maximum absolute atomic E-state index is 11.9. The molecule has 6 heteroatoms. The molecular formula is C13H15N3O3. The zero-order chi connectivity index (χ0) is 14.4. The highest BCUT2D eigenvalue weighted by atomic mass is 16.6. The number of hydrogen-bond donors (Lipinski definition) is 1. The molecule has 0 aliphatic rings. The molecule has 0 saturated heterocycles. The van der Waals surface area contributed by atoms with Crippen molar-refractivity contribution in [3.8, 4) is 12.3 Å². The lowest BCUT2D eigenvalue weighted by atomic mass is 10.1. The predicted molar refractivity (Wildman–Crippen MR) is 71.0 cm³/mol. The van der Waals surface area contributed by atoms with Gasteiger partial charge < -0.3 is 10.6 Å². The summed E-state index contributed by atoms with van der Waals surface area (Å²) in [5.74, 6) is 1.98. The summed E-state index contributed by atoms with van der Waals surface area (Å²) in [6, 6.07) is 5.48. The van der Waals surface area contributed by atoms with Crippen LogP contribution in [-0.4, -0.2) is 28.8 Å². The Morgan fingerprint density at radius 1 is 1.58 bits per heavy atom. The zero-order valence-electron chi connectivity index (χ0n) is 10.6. The first-order valence-electron chi connectivity index (χ1n) is 5.63. The summed E-state index contributed by atoms with van der Waals surface area (Å²) in [6.07, 6.45) is 5.23. The molecule has 1 unspecified atom stereocenters. The number of rotatable bonds is 5. The summed E-state index contributed by atoms with van der Waals surface area (Å²) in [5.41, 5.74) is 6.05. The van der Waals surface area contributed by atoms with E-state index in [4.69, 9.17) is 12.2 Å². The van der Waals surface area contributed by atoms with Gasteiger partial charge in [-0.1, -0.05) is 18.2 Å². The van der Waals surface area contributed by atoms with Gasteiger partial charge in [0.2, 0.25) is 5.91 Å². The molecule has 0 fully saturated rings. The van der Waals surface area contributed by atoms with Crippen molar-refractivity contribution in [3.05, 3.63) is 39.9 Å². The maximum atomic E-state index is 11.9. The van der Waals surface area contributed by atoms with Crippen LogP contribution >= 0.6 is 0 Å². The van der Waals surface area contributed by atoms with Crippen LogP contribution in [0.1, 0.15) is 12.0 Å². The molecule has 0 spiro atoms. The van der Waals surface area contributed by atoms with E-state index in [-0.39, 0.29) is 24.6 Å². The van der Waals surface area contributed by atoms with Crippen molar-refractivity contribution < 1.29 is 9.72 Å². The number of nitrogens with zero attached hydrogens (tertiary/aromatic N) is 2. The Balaban J connectivity index is 2.83. The minimum Gasteiger partial charge on any atom is -0.340 e. The van der Waals surface area contributed by atoms with Gasteiger partial charge in [0.25, 0.3) is 5.69 Å². The molecule has 2 N–H and O–H groups in total. The number of terminal acetylenes is 1. The fraction of sp³-hybridized carbons (Fsp3) is 0.308. The number of hydrogen-bond acceptors (Lipinski definition) is 4. The van der Waals surface area contributed by atoms with E-state index in [1.165, 1.54) is 18.0 Å². The number of carbonyl (C=O) groups is 1. The maximum Gasteiger partial charge on any atom is 0.274 e. The number of para-hydroxylation sites is 1. The Bertz CT molecular complexity index is 522. The lowest BCUT2D eigenvalue weighted by Gasteiger charge is -2.20. The highest BCUT2D eigenvalue weighted by molar-refractivity contribution is 5.81. The van der Waals surface area contributed by atoms with Gasteiger partial charge in [-0.15, -0.1) is 12.3 Å². The van der Waals surface area contributed by atoms with Gasteiger partial charge in [0.05, 0.1) is 17.5 Å². The molecule has 0 saturated carbocycles. The third kappa shape index (κ3) is 3.79. The second-order valence-corrected chi connectivity index (χ2v) is 4.09. The number of likely N-dealkylation sites (N-methyl/N-ethyl adjacent to an activating group) is 1. The van der Waals surface area contributed by atoms with Crippen LogP contribution in [0.2, 0.25) is 0 Å². The molecular weight excluding hydrogens is 246 g/mol. The first-order valence-corrected chi connectivity index (χ1v) is 5.63. The Hall–Kier alpha value is -2.39. The van der Waals surface area contributed by atoms with Crippen LogP contribution in [0.15, 0.2) is 24.3 Å². The molecule has 1 aromatic rings. The van der Waals surface area contributed by atoms with Gasteiger partial charge in [0.1, 0.15) is 0 Å². The van der Waals surface area contributed by atoms with Gasteiger partial charge in [-0.25, -0.2) is 0 Å². The standard InChI is InChI=1S/C13H15N3O3/c1-3-6-11(14)13(17)15(2)9-10-7-4-5-8-12(10)16(18)19/h1,4-5,7-8,11H,6,9,14H2,2H3. The molecule has 0 radical (unpaired) electrons. The van der Waals surface area contributed by atoms with Gasteiger partial charge in [-0.2, -0.15) is 0 Å². The summed E-state index contributed by atoms with van der Waals surface area (Å²) >= 11 is 0. The van der Waals surface area contributed by atoms with Gasteiger partial charge in [0.15, 0.2) is 0 Å². The van der Waals surface area contributed by atoms with E-state index in [2.05, 4.69) is 5.92 Å². The number of nitro groups is 1. The molecule has 19 heavy (non-hydrogen) atoms. The van der Waals surface area contributed by atoms with Crippen LogP contribution < -0.4 is 5.73 Å². The molecule has 0 aromatic heterocycles. The molecule has 1 rings (SSSR count). The number of benzene rings is 1. The molecule has 1 aromatic carbocycles. The summed E-state index contributed by atoms with van der Waals surface area (Å²) in [4.78, 5) is 23.6. The quantitative estimate of drug-likeness (QED) is 0.484. The van der Waals surface area contributed by atoms with Gasteiger partial charge >= 0.3 is 0 Å². The molecule has 100 valence electrons. The van der Waals surface area contributed by atoms with E-state index in [1.54, 1.807) is 18.2 Å². The van der Waals surface area contributed by atoms with Crippen molar-refractivity contribution in [1.29, 1.82) is 0 Å². The van der Waals surface area contributed by atoms with Gasteiger partial charge in [-0.3, -0.25) is 14.9 Å². The van der Waals surface area contributed by atoms with Crippen molar-refractivity contribution in [2.45, 2.75) is 19.0 Å². The fourth-order valence-corrected chi connectivity index (χ4v) is 1.65. The summed E-state index contributed by atoms with van der Waals surface area (Å²) in [5, 5.41) is 10.9. The Morgan fingerprint density at radius 3 is 2.79 bits per heavy atom. The molecule has 1 atom stereocenters. The molecule has 0 heterocycles. The molecule has 1 amide bonds. The van der Waals surface area contributed by atoms with E-state index in [9.17, 15) is 14.9 Å². The van der Waals surface area contributed by atoms with Crippen LogP contribution in [-0.2, 0) is 11.3 Å². The van der Waals surface area contributed by atoms with Crippen molar-refractivity contribution in [2.24, 2.45) is 5.73 Å². The zero-order valence-corrected chi connectivity index (χ0v) is 10.6. The lowest BCUT2D eigenvalue weighted by Crippen LogP contribution is -2.41. The van der Waals surface area contributed by atoms with Crippen LogP contribution in [0.5, 0.6) is 0 Å². The average molecular weight is 261 g/mol. The van der Waals surface area contributed by atoms with Crippen molar-refractivity contribution in [3.63, 3.8) is 0 Å². The van der Waals surface area contributed by atoms with E-state index in [0.717, 1.165) is 0 Å². The largest absolute Gasteiger partial charge is 0.340 e. The van der Waals surface area contributed by atoms with Crippen LogP contribution in [0.3, 0.4) is 0 Å². The minimum atomic E-state index is -0.780. The highest BCUT2D eigenvalue weighted by Gasteiger charge is 2.20. The Labute approximate surface area is 111 Å². The smallest absolute Gasteiger partial charge is 0.274 e. The van der Waals surface area contributed by atoms with E-state index < -0.39 is 11.0 Å². The number of amides is 1. The molecule has 0 bridgehead atoms. The number of nitro benzene ring substituents is 1. The normalized spacial score (nSPS) is 11.4. The second-order valence-electron chi connectivity index (χ2n) is 4.09. The fourth-order valence-electron chi connectivity index (χ4n) is 1.65. The third-order valence-corrected chi connectivity index (χ3v) is 2.63. The average Bonchev–Trinajstić information content (AvgIpc) is 2.38. The molecule has 0 aliphatic heterocycles. The first kappa shape index (κ1) is 14.7. The topological polar surface area (TPSA) is 89.5 Å². The summed E-state index contributed by atoms with van der Waals surface area (Å²) in [6.45, 7) is 0.119. The van der Waals surface area contributed by atoms with Gasteiger partial charge in [0, 0.05) is 25.1 Å². The summed E-state index contributed by atoms with van der Waals surface area (Å²) in [7, 11) is 1.54. The third-order valence-electron chi connectivity index (χ3n) is 2.63. The van der Waals surface area contributed by atoms with Crippen LogP contribution in [0.25, 0.3) is 0 Å². The molecule has 6 nitrogen and oxygen atoms in total. The van der Waals surface area contributed by atoms with Gasteiger partial charge in [-0.05, 0) is 0 Å². The van der Waals surface area contributed by atoms with Crippen LogP contribution in [0.4, 0.5) is 5.69 Å². The highest BCUT2D eigenvalue weighted by Crippen LogP contribution is 2.19. The second kappa shape index (κ2) is 6.52. The van der Waals surface area contributed by atoms with Crippen molar-refractivity contribution in [1.82, 2.24) is 4.90 Å². The van der Waals surface area contributed by atoms with Crippen LogP contribution in [0, 0.1) is 22.5 Å². The van der Waals surface area contributed by atoms with E-state index in [0.29, 0.717) is 5.56 Å². The molecule has 0 aliphatic carbocycles. The summed E-state index contributed by atoms with van der Waals surface area (Å²) < 4.78 is 0. The van der Waals surface area contributed by atoms with Crippen molar-refractivity contribution in [2.75, 3.05) is 7.05 Å². The van der Waals surface area contributed by atoms with E-state index >= 15 is 0 Å². The van der Waals surface area contributed by atoms with Crippen molar-refractivity contribution >= 4 is 11.6 Å². The Kier molecular flexibility index (Phi) is 5.03. The number of carbonyl (C=O) groups excluding carboxylic acids is 1. The van der Waals surface area contributed by atoms with E-state index in [1.807, 2.05) is 0 Å². The SMILES string of the molecule is C#CCC(N)C(=O)N(C)Cc1ccccc1[N+](=O)[O-].